The summed E-state index contributed by atoms with van der Waals surface area (Å²) in [5.41, 5.74) is 2.80. The molecular formula is C22H42N2O. The zero-order chi connectivity index (χ0) is 19.2. The minimum absolute atomic E-state index is 0.313. The fraction of sp³-hybridized carbons (Fsp3) is 0.773. The summed E-state index contributed by atoms with van der Waals surface area (Å²) >= 11 is 0. The van der Waals surface area contributed by atoms with Crippen LogP contribution in [0.3, 0.4) is 0 Å². The summed E-state index contributed by atoms with van der Waals surface area (Å²) < 4.78 is 5.19. The normalized spacial score (nSPS) is 12.9. The zero-order valence-corrected chi connectivity index (χ0v) is 17.8. The Balaban J connectivity index is 4.26. The second-order valence-corrected chi connectivity index (χ2v) is 8.00. The van der Waals surface area contributed by atoms with E-state index in [2.05, 4.69) is 58.6 Å². The quantitative estimate of drug-likeness (QED) is 0.251. The van der Waals surface area contributed by atoms with Crippen molar-refractivity contribution in [2.24, 2.45) is 11.8 Å². The van der Waals surface area contributed by atoms with E-state index in [9.17, 15) is 0 Å². The van der Waals surface area contributed by atoms with E-state index in [1.807, 2.05) is 0 Å². The van der Waals surface area contributed by atoms with Gasteiger partial charge in [-0.1, -0.05) is 37.1 Å². The molecule has 0 aliphatic heterocycles. The Hall–Kier alpha value is -1.25. The van der Waals surface area contributed by atoms with Gasteiger partial charge in [-0.3, -0.25) is 5.41 Å². The van der Waals surface area contributed by atoms with Gasteiger partial charge in [-0.15, -0.1) is 0 Å². The highest BCUT2D eigenvalue weighted by Crippen LogP contribution is 2.16. The lowest BCUT2D eigenvalue weighted by Crippen LogP contribution is -2.34. The van der Waals surface area contributed by atoms with Crippen LogP contribution in [0.5, 0.6) is 0 Å². The molecule has 2 atom stereocenters. The van der Waals surface area contributed by atoms with E-state index in [-0.39, 0.29) is 0 Å². The molecule has 1 N–H and O–H groups in total. The van der Waals surface area contributed by atoms with E-state index in [4.69, 9.17) is 10.1 Å². The first-order valence-electron chi connectivity index (χ1n) is 9.90. The molecule has 0 saturated heterocycles. The first kappa shape index (κ1) is 23.8. The van der Waals surface area contributed by atoms with Crippen LogP contribution in [0.25, 0.3) is 0 Å². The Bertz CT molecular complexity index is 386. The maximum Gasteiger partial charge on any atom is 0.284 e. The maximum atomic E-state index is 8.06. The van der Waals surface area contributed by atoms with Crippen LogP contribution in [-0.2, 0) is 4.74 Å². The van der Waals surface area contributed by atoms with E-state index < -0.39 is 0 Å². The molecule has 0 aliphatic carbocycles. The Morgan fingerprint density at radius 1 is 0.840 bits per heavy atom. The van der Waals surface area contributed by atoms with Crippen molar-refractivity contribution >= 4 is 6.02 Å². The molecule has 0 bridgehead atoms. The molecule has 0 aromatic rings. The molecule has 0 aliphatic rings. The molecule has 3 heteroatoms. The van der Waals surface area contributed by atoms with Gasteiger partial charge in [0, 0.05) is 13.1 Å². The Kier molecular flexibility index (Phi) is 13.3. The minimum atomic E-state index is 0.313. The van der Waals surface area contributed by atoms with Crippen LogP contribution in [0.15, 0.2) is 23.3 Å². The Morgan fingerprint density at radius 2 is 1.24 bits per heavy atom. The van der Waals surface area contributed by atoms with Gasteiger partial charge in [0.05, 0.1) is 7.11 Å². The summed E-state index contributed by atoms with van der Waals surface area (Å²) in [6, 6.07) is 0.313. The average molecular weight is 351 g/mol. The van der Waals surface area contributed by atoms with Crippen LogP contribution in [0.1, 0.15) is 80.1 Å². The second-order valence-electron chi connectivity index (χ2n) is 8.00. The summed E-state index contributed by atoms with van der Waals surface area (Å²) in [7, 11) is 1.60. The van der Waals surface area contributed by atoms with Crippen molar-refractivity contribution in [3.05, 3.63) is 23.3 Å². The van der Waals surface area contributed by atoms with Crippen LogP contribution in [0.4, 0.5) is 0 Å². The summed E-state index contributed by atoms with van der Waals surface area (Å²) in [6.45, 7) is 15.1. The van der Waals surface area contributed by atoms with E-state index in [0.717, 1.165) is 38.8 Å². The van der Waals surface area contributed by atoms with Gasteiger partial charge in [0.15, 0.2) is 0 Å². The van der Waals surface area contributed by atoms with Crippen molar-refractivity contribution in [1.29, 1.82) is 5.41 Å². The van der Waals surface area contributed by atoms with Crippen LogP contribution in [0.2, 0.25) is 0 Å². The molecule has 0 spiro atoms. The average Bonchev–Trinajstić information content (AvgIpc) is 2.53. The Morgan fingerprint density at radius 3 is 1.56 bits per heavy atom. The predicted molar refractivity (Wildman–Crippen MR) is 111 cm³/mol. The summed E-state index contributed by atoms with van der Waals surface area (Å²) in [6.07, 6.45) is 11.6. The number of rotatable bonds is 12. The molecule has 0 rings (SSSR count). The van der Waals surface area contributed by atoms with Crippen LogP contribution < -0.4 is 0 Å². The molecule has 0 aromatic carbocycles. The summed E-state index contributed by atoms with van der Waals surface area (Å²) in [4.78, 5) is 2.11. The second kappa shape index (κ2) is 14.0. The number of nitrogens with zero attached hydrogens (tertiary/aromatic N) is 1. The van der Waals surface area contributed by atoms with Crippen molar-refractivity contribution in [3.8, 4) is 0 Å². The van der Waals surface area contributed by atoms with Crippen molar-refractivity contribution < 1.29 is 4.74 Å². The van der Waals surface area contributed by atoms with Crippen molar-refractivity contribution in [3.63, 3.8) is 0 Å². The molecule has 0 fully saturated rings. The number of amidine groups is 1. The lowest BCUT2D eigenvalue weighted by atomic mass is 9.99. The van der Waals surface area contributed by atoms with Crippen LogP contribution in [-0.4, -0.2) is 31.1 Å². The molecule has 0 amide bonds. The number of allylic oxidation sites excluding steroid dienone is 4. The maximum absolute atomic E-state index is 8.06. The lowest BCUT2D eigenvalue weighted by Gasteiger charge is -2.26. The highest BCUT2D eigenvalue weighted by Gasteiger charge is 2.13. The molecular weight excluding hydrogens is 308 g/mol. The number of hydrogen-bond donors (Lipinski definition) is 1. The molecule has 0 heterocycles. The molecule has 0 radical (unpaired) electrons. The summed E-state index contributed by atoms with van der Waals surface area (Å²) in [5, 5.41) is 8.06. The molecule has 3 nitrogen and oxygen atoms in total. The molecule has 2 unspecified atom stereocenters. The van der Waals surface area contributed by atoms with E-state index >= 15 is 0 Å². The lowest BCUT2D eigenvalue weighted by molar-refractivity contribution is 0.251. The smallest absolute Gasteiger partial charge is 0.284 e. The van der Waals surface area contributed by atoms with Crippen LogP contribution >= 0.6 is 0 Å². The SMILES string of the molecule is COC(=N)N(CCC(C)CCC=C(C)C)CCC(C)CCC=C(C)C. The highest BCUT2D eigenvalue weighted by atomic mass is 16.5. The highest BCUT2D eigenvalue weighted by molar-refractivity contribution is 5.69. The Labute approximate surface area is 157 Å². The zero-order valence-electron chi connectivity index (χ0n) is 17.8. The van der Waals surface area contributed by atoms with Crippen molar-refractivity contribution in [2.75, 3.05) is 20.2 Å². The molecule has 0 saturated carbocycles. The standard InChI is InChI=1S/C22H42N2O/c1-18(2)10-8-12-20(5)14-16-24(22(23)25-7)17-15-21(6)13-9-11-19(3)4/h10-11,20-21,23H,8-9,12-17H2,1-7H3. The number of ether oxygens (including phenoxy) is 1. The van der Waals surface area contributed by atoms with Crippen molar-refractivity contribution in [1.82, 2.24) is 4.90 Å². The van der Waals surface area contributed by atoms with Crippen molar-refractivity contribution in [2.45, 2.75) is 80.1 Å². The largest absolute Gasteiger partial charge is 0.469 e. The third kappa shape index (κ3) is 13.7. The monoisotopic (exact) mass is 350 g/mol. The van der Waals surface area contributed by atoms with Gasteiger partial charge in [0.1, 0.15) is 0 Å². The van der Waals surface area contributed by atoms with Gasteiger partial charge < -0.3 is 9.64 Å². The summed E-state index contributed by atoms with van der Waals surface area (Å²) in [5.74, 6) is 1.36. The van der Waals surface area contributed by atoms with Gasteiger partial charge in [0.25, 0.3) is 6.02 Å². The van der Waals surface area contributed by atoms with Gasteiger partial charge in [-0.05, 0) is 78.1 Å². The van der Waals surface area contributed by atoms with E-state index in [1.54, 1.807) is 7.11 Å². The minimum Gasteiger partial charge on any atom is -0.469 e. The first-order valence-corrected chi connectivity index (χ1v) is 9.90. The topological polar surface area (TPSA) is 36.3 Å². The molecule has 146 valence electrons. The van der Waals surface area contributed by atoms with E-state index in [1.165, 1.54) is 24.0 Å². The molecule has 0 aromatic heterocycles. The van der Waals surface area contributed by atoms with Gasteiger partial charge >= 0.3 is 0 Å². The fourth-order valence-electron chi connectivity index (χ4n) is 2.80. The van der Waals surface area contributed by atoms with Crippen LogP contribution in [0, 0.1) is 17.2 Å². The third-order valence-corrected chi connectivity index (χ3v) is 4.69. The fourth-order valence-corrected chi connectivity index (χ4v) is 2.80. The first-order chi connectivity index (χ1) is 11.8. The number of hydrogen-bond acceptors (Lipinski definition) is 2. The van der Waals surface area contributed by atoms with E-state index in [0.29, 0.717) is 17.9 Å². The third-order valence-electron chi connectivity index (χ3n) is 4.69. The molecule has 25 heavy (non-hydrogen) atoms. The van der Waals surface area contributed by atoms with Gasteiger partial charge in [0.2, 0.25) is 0 Å². The number of nitrogens with one attached hydrogen (secondary N) is 1. The number of methoxy groups -OCH3 is 1. The van der Waals surface area contributed by atoms with Gasteiger partial charge in [-0.25, -0.2) is 0 Å². The predicted octanol–water partition coefficient (Wildman–Crippen LogP) is 6.41. The van der Waals surface area contributed by atoms with Gasteiger partial charge in [-0.2, -0.15) is 0 Å².